The van der Waals surface area contributed by atoms with Crippen LogP contribution in [0.25, 0.3) is 0 Å². The van der Waals surface area contributed by atoms with Crippen LogP contribution in [0.2, 0.25) is 0 Å². The fraction of sp³-hybridized carbons (Fsp3) is 0.286. The minimum Gasteiger partial charge on any atom is -0.489 e. The Labute approximate surface area is 218 Å². The number of alkyl halides is 3. The van der Waals surface area contributed by atoms with E-state index in [0.717, 1.165) is 17.7 Å². The van der Waals surface area contributed by atoms with Crippen LogP contribution in [0.5, 0.6) is 5.75 Å². The van der Waals surface area contributed by atoms with E-state index >= 15 is 0 Å². The number of amides is 3. The molecule has 1 heterocycles. The van der Waals surface area contributed by atoms with Crippen LogP contribution in [0, 0.1) is 0 Å². The third-order valence-electron chi connectivity index (χ3n) is 6.22. The Kier molecular flexibility index (Phi) is 8.52. The predicted molar refractivity (Wildman–Crippen MR) is 136 cm³/mol. The zero-order valence-corrected chi connectivity index (χ0v) is 20.4. The summed E-state index contributed by atoms with van der Waals surface area (Å²) < 4.78 is 44.7. The molecule has 0 unspecified atom stereocenters. The molecule has 0 saturated carbocycles. The van der Waals surface area contributed by atoms with Crippen LogP contribution in [-0.2, 0) is 12.8 Å². The Bertz CT molecular complexity index is 1240. The highest BCUT2D eigenvalue weighted by Gasteiger charge is 2.32. The normalized spacial score (nSPS) is 17.8. The van der Waals surface area contributed by atoms with Crippen molar-refractivity contribution in [3.8, 4) is 5.75 Å². The maximum absolute atomic E-state index is 13.0. The average Bonchev–Trinajstić information content (AvgIpc) is 3.09. The van der Waals surface area contributed by atoms with Gasteiger partial charge >= 0.3 is 12.2 Å². The number of nitrogens with zero attached hydrogens (tertiary/aromatic N) is 1. The summed E-state index contributed by atoms with van der Waals surface area (Å²) in [6.07, 6.45) is -4.60. The van der Waals surface area contributed by atoms with Crippen LogP contribution in [0.15, 0.2) is 78.9 Å². The van der Waals surface area contributed by atoms with Crippen LogP contribution in [0.4, 0.5) is 23.7 Å². The van der Waals surface area contributed by atoms with Crippen molar-refractivity contribution in [2.75, 3.05) is 18.4 Å². The van der Waals surface area contributed by atoms with E-state index in [1.165, 1.54) is 17.0 Å². The van der Waals surface area contributed by atoms with Crippen molar-refractivity contribution in [2.45, 2.75) is 37.8 Å². The number of benzene rings is 3. The molecule has 3 N–H and O–H groups in total. The van der Waals surface area contributed by atoms with E-state index in [0.29, 0.717) is 30.8 Å². The van der Waals surface area contributed by atoms with Gasteiger partial charge in [-0.3, -0.25) is 4.79 Å². The van der Waals surface area contributed by atoms with E-state index in [9.17, 15) is 27.9 Å². The quantitative estimate of drug-likeness (QED) is 0.418. The number of hydrogen-bond donors (Lipinski definition) is 3. The van der Waals surface area contributed by atoms with E-state index < -0.39 is 35.8 Å². The smallest absolute Gasteiger partial charge is 0.416 e. The number of aliphatic hydroxyl groups is 1. The lowest BCUT2D eigenvalue weighted by atomic mass is 10.1. The van der Waals surface area contributed by atoms with Gasteiger partial charge in [0.1, 0.15) is 12.4 Å². The molecule has 10 heteroatoms. The summed E-state index contributed by atoms with van der Waals surface area (Å²) in [5, 5.41) is 15.8. The fourth-order valence-corrected chi connectivity index (χ4v) is 4.14. The number of nitrogens with one attached hydrogen (secondary N) is 2. The van der Waals surface area contributed by atoms with Crippen molar-refractivity contribution in [2.24, 2.45) is 0 Å². The number of hydrogen-bond acceptors (Lipinski definition) is 4. The van der Waals surface area contributed by atoms with Gasteiger partial charge in [0.15, 0.2) is 0 Å². The summed E-state index contributed by atoms with van der Waals surface area (Å²) in [6, 6.07) is 19.2. The first-order valence-corrected chi connectivity index (χ1v) is 12.2. The molecule has 3 aromatic carbocycles. The van der Waals surface area contributed by atoms with Gasteiger partial charge < -0.3 is 25.4 Å². The third-order valence-corrected chi connectivity index (χ3v) is 6.22. The number of likely N-dealkylation sites (tertiary alicyclic amines) is 1. The van der Waals surface area contributed by atoms with Crippen molar-refractivity contribution in [3.63, 3.8) is 0 Å². The number of urea groups is 1. The van der Waals surface area contributed by atoms with E-state index in [4.69, 9.17) is 4.74 Å². The number of carbonyl (C=O) groups is 2. The Morgan fingerprint density at radius 2 is 1.74 bits per heavy atom. The molecule has 0 aliphatic carbocycles. The highest BCUT2D eigenvalue weighted by molar-refractivity contribution is 5.94. The van der Waals surface area contributed by atoms with Gasteiger partial charge in [0.25, 0.3) is 5.91 Å². The van der Waals surface area contributed by atoms with Crippen molar-refractivity contribution in [1.82, 2.24) is 10.2 Å². The van der Waals surface area contributed by atoms with Crippen LogP contribution in [-0.4, -0.2) is 47.2 Å². The van der Waals surface area contributed by atoms with Gasteiger partial charge in [-0.15, -0.1) is 0 Å². The SMILES string of the molecule is O=C(N[C@@H]1CN(C(=O)Nc2cccc(C(F)(F)F)c2)CCC[C@H]1O)c1ccc(OCc2ccccc2)cc1. The van der Waals surface area contributed by atoms with Crippen LogP contribution in [0.3, 0.4) is 0 Å². The van der Waals surface area contributed by atoms with E-state index in [2.05, 4.69) is 10.6 Å². The van der Waals surface area contributed by atoms with E-state index in [1.54, 1.807) is 24.3 Å². The summed E-state index contributed by atoms with van der Waals surface area (Å²) in [5.41, 5.74) is 0.500. The van der Waals surface area contributed by atoms with Crippen molar-refractivity contribution in [1.29, 1.82) is 0 Å². The summed E-state index contributed by atoms with van der Waals surface area (Å²) in [4.78, 5) is 27.1. The van der Waals surface area contributed by atoms with Gasteiger partial charge in [-0.1, -0.05) is 36.4 Å². The highest BCUT2D eigenvalue weighted by atomic mass is 19.4. The second-order valence-electron chi connectivity index (χ2n) is 9.04. The maximum Gasteiger partial charge on any atom is 0.416 e. The fourth-order valence-electron chi connectivity index (χ4n) is 4.14. The zero-order chi connectivity index (χ0) is 27.1. The lowest BCUT2D eigenvalue weighted by molar-refractivity contribution is -0.137. The molecule has 200 valence electrons. The number of carbonyl (C=O) groups excluding carboxylic acids is 2. The van der Waals surface area contributed by atoms with Crippen LogP contribution in [0.1, 0.15) is 34.3 Å². The standard InChI is InChI=1S/C28H28F3N3O4/c29-28(30,31)21-8-4-9-22(16-21)32-27(37)34-15-5-10-25(35)24(17-34)33-26(36)20-11-13-23(14-12-20)38-18-19-6-2-1-3-7-19/h1-4,6-9,11-14,16,24-25,35H,5,10,15,17-18H2,(H,32,37)(H,33,36)/t24-,25-/m1/s1. The molecule has 3 amide bonds. The van der Waals surface area contributed by atoms with Gasteiger partial charge in [-0.2, -0.15) is 13.2 Å². The van der Waals surface area contributed by atoms with E-state index in [-0.39, 0.29) is 18.8 Å². The van der Waals surface area contributed by atoms with Gasteiger partial charge in [0.2, 0.25) is 0 Å². The number of halogens is 3. The van der Waals surface area contributed by atoms with E-state index in [1.807, 2.05) is 30.3 Å². The average molecular weight is 528 g/mol. The lowest BCUT2D eigenvalue weighted by Crippen LogP contribution is -2.50. The molecule has 1 fully saturated rings. The summed E-state index contributed by atoms with van der Waals surface area (Å²) >= 11 is 0. The Balaban J connectivity index is 1.35. The first kappa shape index (κ1) is 27.0. The molecule has 4 rings (SSSR count). The molecule has 0 bridgehead atoms. The second-order valence-corrected chi connectivity index (χ2v) is 9.04. The molecule has 1 aliphatic rings. The Morgan fingerprint density at radius 1 is 1.00 bits per heavy atom. The minimum absolute atomic E-state index is 0.00400. The molecule has 0 radical (unpaired) electrons. The van der Waals surface area contributed by atoms with Crippen LogP contribution >= 0.6 is 0 Å². The molecule has 1 saturated heterocycles. The Hall–Kier alpha value is -4.05. The summed E-state index contributed by atoms with van der Waals surface area (Å²) in [6.45, 7) is 0.663. The number of rotatable bonds is 6. The van der Waals surface area contributed by atoms with Crippen molar-refractivity contribution < 1.29 is 32.6 Å². The van der Waals surface area contributed by atoms with Crippen molar-refractivity contribution in [3.05, 3.63) is 95.6 Å². The highest BCUT2D eigenvalue weighted by Crippen LogP contribution is 2.30. The molecule has 1 aliphatic heterocycles. The first-order chi connectivity index (χ1) is 18.2. The first-order valence-electron chi connectivity index (χ1n) is 12.2. The number of anilines is 1. The molecule has 0 spiro atoms. The second kappa shape index (κ2) is 12.0. The van der Waals surface area contributed by atoms with Gasteiger partial charge in [0, 0.05) is 24.3 Å². The van der Waals surface area contributed by atoms with Gasteiger partial charge in [0.05, 0.1) is 17.7 Å². The zero-order valence-electron chi connectivity index (χ0n) is 20.4. The summed E-state index contributed by atoms with van der Waals surface area (Å²) in [7, 11) is 0. The molecular weight excluding hydrogens is 499 g/mol. The molecule has 38 heavy (non-hydrogen) atoms. The molecule has 7 nitrogen and oxygen atoms in total. The van der Waals surface area contributed by atoms with Gasteiger partial charge in [-0.05, 0) is 60.9 Å². The molecule has 2 atom stereocenters. The van der Waals surface area contributed by atoms with Crippen molar-refractivity contribution >= 4 is 17.6 Å². The van der Waals surface area contributed by atoms with Gasteiger partial charge in [-0.25, -0.2) is 4.79 Å². The number of aliphatic hydroxyl groups excluding tert-OH is 1. The largest absolute Gasteiger partial charge is 0.489 e. The maximum atomic E-state index is 13.0. The molecule has 3 aromatic rings. The third kappa shape index (κ3) is 7.25. The lowest BCUT2D eigenvalue weighted by Gasteiger charge is -2.27. The molecule has 0 aromatic heterocycles. The summed E-state index contributed by atoms with van der Waals surface area (Å²) in [5.74, 6) is 0.168. The van der Waals surface area contributed by atoms with Crippen LogP contribution < -0.4 is 15.4 Å². The Morgan fingerprint density at radius 3 is 2.45 bits per heavy atom. The minimum atomic E-state index is -4.53. The topological polar surface area (TPSA) is 90.9 Å². The monoisotopic (exact) mass is 527 g/mol. The predicted octanol–water partition coefficient (Wildman–Crippen LogP) is 5.07. The number of ether oxygens (including phenoxy) is 1. The molecular formula is C28H28F3N3O4.